The smallest absolute Gasteiger partial charge is 0.187 e. The quantitative estimate of drug-likeness (QED) is 0.312. The molecule has 4 nitrogen and oxygen atoms in total. The zero-order chi connectivity index (χ0) is 22.5. The normalized spacial score (nSPS) is 13.0. The first-order valence-corrected chi connectivity index (χ1v) is 10.9. The highest BCUT2D eigenvalue weighted by atomic mass is 16.1. The van der Waals surface area contributed by atoms with E-state index in [4.69, 9.17) is 6.57 Å². The molecule has 4 rings (SSSR count). The van der Waals surface area contributed by atoms with Crippen LogP contribution in [0.3, 0.4) is 0 Å². The summed E-state index contributed by atoms with van der Waals surface area (Å²) in [6, 6.07) is 23.5. The first-order chi connectivity index (χ1) is 15.5. The molecule has 0 N–H and O–H groups in total. The van der Waals surface area contributed by atoms with E-state index in [0.29, 0.717) is 18.2 Å². The molecule has 0 aliphatic heterocycles. The van der Waals surface area contributed by atoms with Crippen molar-refractivity contribution in [1.82, 2.24) is 4.90 Å². The molecule has 1 aliphatic rings. The second-order valence-corrected chi connectivity index (χ2v) is 8.47. The van der Waals surface area contributed by atoms with Crippen LogP contribution in [0.2, 0.25) is 0 Å². The maximum Gasteiger partial charge on any atom is 0.187 e. The van der Waals surface area contributed by atoms with Crippen molar-refractivity contribution < 1.29 is 9.59 Å². The minimum atomic E-state index is 0.0828. The van der Waals surface area contributed by atoms with Gasteiger partial charge in [-0.15, -0.1) is 0 Å². The van der Waals surface area contributed by atoms with Crippen molar-refractivity contribution in [2.24, 2.45) is 0 Å². The number of rotatable bonds is 9. The highest BCUT2D eigenvalue weighted by molar-refractivity contribution is 5.97. The molecule has 1 fully saturated rings. The van der Waals surface area contributed by atoms with Gasteiger partial charge in [-0.25, -0.2) is 4.85 Å². The molecule has 0 saturated heterocycles. The van der Waals surface area contributed by atoms with E-state index in [0.717, 1.165) is 35.3 Å². The van der Waals surface area contributed by atoms with Crippen LogP contribution in [0.25, 0.3) is 4.85 Å². The standard InChI is InChI=1S/C28H26N2O2/c1-20(31)24-10-6-22(7-11-24)18-30(27-14-15-27)19-23-4-3-5-25(16-23)28(32)17-21-8-12-26(29-2)13-9-21/h3-13,16,27H,14-15,17-19H2,1H3. The fraction of sp³-hybridized carbons (Fsp3) is 0.250. The summed E-state index contributed by atoms with van der Waals surface area (Å²) >= 11 is 0. The number of nitrogens with zero attached hydrogens (tertiary/aromatic N) is 2. The van der Waals surface area contributed by atoms with Crippen molar-refractivity contribution in [1.29, 1.82) is 0 Å². The van der Waals surface area contributed by atoms with E-state index in [2.05, 4.69) is 15.8 Å². The summed E-state index contributed by atoms with van der Waals surface area (Å²) in [7, 11) is 0. The maximum absolute atomic E-state index is 12.8. The Morgan fingerprint density at radius 3 is 2.16 bits per heavy atom. The monoisotopic (exact) mass is 422 g/mol. The maximum atomic E-state index is 12.8. The lowest BCUT2D eigenvalue weighted by molar-refractivity contribution is 0.0990. The molecular formula is C28H26N2O2. The van der Waals surface area contributed by atoms with Gasteiger partial charge in [-0.3, -0.25) is 14.5 Å². The molecule has 0 radical (unpaired) electrons. The second kappa shape index (κ2) is 9.72. The summed E-state index contributed by atoms with van der Waals surface area (Å²) < 4.78 is 0. The minimum Gasteiger partial charge on any atom is -0.295 e. The van der Waals surface area contributed by atoms with Crippen molar-refractivity contribution >= 4 is 17.3 Å². The van der Waals surface area contributed by atoms with Gasteiger partial charge in [0.05, 0.1) is 6.57 Å². The Morgan fingerprint density at radius 1 is 0.875 bits per heavy atom. The predicted molar refractivity (Wildman–Crippen MR) is 126 cm³/mol. The third-order valence-corrected chi connectivity index (χ3v) is 5.87. The van der Waals surface area contributed by atoms with Crippen molar-refractivity contribution in [2.45, 2.75) is 45.3 Å². The van der Waals surface area contributed by atoms with E-state index >= 15 is 0 Å². The lowest BCUT2D eigenvalue weighted by atomic mass is 10.0. The summed E-state index contributed by atoms with van der Waals surface area (Å²) in [6.45, 7) is 10.2. The van der Waals surface area contributed by atoms with Crippen molar-refractivity contribution in [3.63, 3.8) is 0 Å². The zero-order valence-corrected chi connectivity index (χ0v) is 18.3. The molecule has 3 aromatic carbocycles. The number of carbonyl (C=O) groups excluding carboxylic acids is 2. The van der Waals surface area contributed by atoms with E-state index in [1.165, 1.54) is 18.4 Å². The molecule has 1 saturated carbocycles. The Morgan fingerprint density at radius 2 is 1.53 bits per heavy atom. The molecule has 0 spiro atoms. The molecular weight excluding hydrogens is 396 g/mol. The summed E-state index contributed by atoms with van der Waals surface area (Å²) in [5.74, 6) is 0.166. The lowest BCUT2D eigenvalue weighted by Gasteiger charge is -2.22. The van der Waals surface area contributed by atoms with Crippen LogP contribution in [0.5, 0.6) is 0 Å². The van der Waals surface area contributed by atoms with Gasteiger partial charge in [0, 0.05) is 36.7 Å². The lowest BCUT2D eigenvalue weighted by Crippen LogP contribution is -2.25. The van der Waals surface area contributed by atoms with Gasteiger partial charge in [0.15, 0.2) is 17.3 Å². The van der Waals surface area contributed by atoms with Crippen LogP contribution >= 0.6 is 0 Å². The SMILES string of the molecule is [C-]#[N+]c1ccc(CC(=O)c2cccc(CN(Cc3ccc(C(C)=O)cc3)C3CC3)c2)cc1. The number of hydrogen-bond donors (Lipinski definition) is 0. The third kappa shape index (κ3) is 5.57. The molecule has 0 atom stereocenters. The summed E-state index contributed by atoms with van der Waals surface area (Å²) in [6.07, 6.45) is 2.73. The first kappa shape index (κ1) is 21.7. The van der Waals surface area contributed by atoms with Crippen molar-refractivity contribution in [2.75, 3.05) is 0 Å². The first-order valence-electron chi connectivity index (χ1n) is 10.9. The molecule has 160 valence electrons. The average Bonchev–Trinajstić information content (AvgIpc) is 3.65. The van der Waals surface area contributed by atoms with Crippen molar-refractivity contribution in [3.05, 3.63) is 112 Å². The van der Waals surface area contributed by atoms with E-state index in [1.807, 2.05) is 54.6 Å². The van der Waals surface area contributed by atoms with Gasteiger partial charge >= 0.3 is 0 Å². The highest BCUT2D eigenvalue weighted by Gasteiger charge is 2.29. The molecule has 3 aromatic rings. The summed E-state index contributed by atoms with van der Waals surface area (Å²) in [5, 5.41) is 0. The van der Waals surface area contributed by atoms with Gasteiger partial charge < -0.3 is 0 Å². The third-order valence-electron chi connectivity index (χ3n) is 5.87. The molecule has 4 heteroatoms. The number of Topliss-reactive ketones (excluding diaryl/α,β-unsaturated/α-hetero) is 2. The van der Waals surface area contributed by atoms with Gasteiger partial charge in [-0.05, 0) is 42.5 Å². The molecule has 0 heterocycles. The van der Waals surface area contributed by atoms with Gasteiger partial charge in [0.25, 0.3) is 0 Å². The zero-order valence-electron chi connectivity index (χ0n) is 18.3. The Bertz CT molecular complexity index is 1150. The Labute approximate surface area is 189 Å². The summed E-state index contributed by atoms with van der Waals surface area (Å²) in [5.41, 5.74) is 5.28. The van der Waals surface area contributed by atoms with E-state index in [1.54, 1.807) is 19.1 Å². The van der Waals surface area contributed by atoms with Crippen LogP contribution in [0, 0.1) is 6.57 Å². The van der Waals surface area contributed by atoms with Crippen LogP contribution in [-0.2, 0) is 19.5 Å². The van der Waals surface area contributed by atoms with Gasteiger partial charge in [-0.1, -0.05) is 66.7 Å². The molecule has 0 bridgehead atoms. The van der Waals surface area contributed by atoms with Crippen LogP contribution in [0.1, 0.15) is 57.2 Å². The fourth-order valence-electron chi connectivity index (χ4n) is 3.89. The predicted octanol–water partition coefficient (Wildman–Crippen LogP) is 6.03. The van der Waals surface area contributed by atoms with Crippen molar-refractivity contribution in [3.8, 4) is 0 Å². The molecule has 0 amide bonds. The largest absolute Gasteiger partial charge is 0.295 e. The molecule has 0 unspecified atom stereocenters. The average molecular weight is 423 g/mol. The van der Waals surface area contributed by atoms with Gasteiger partial charge in [0.2, 0.25) is 0 Å². The molecule has 0 aromatic heterocycles. The van der Waals surface area contributed by atoms with E-state index < -0.39 is 0 Å². The minimum absolute atomic E-state index is 0.0828. The van der Waals surface area contributed by atoms with E-state index in [9.17, 15) is 9.59 Å². The van der Waals surface area contributed by atoms with Crippen LogP contribution < -0.4 is 0 Å². The van der Waals surface area contributed by atoms with Crippen LogP contribution in [-0.4, -0.2) is 22.5 Å². The topological polar surface area (TPSA) is 41.7 Å². The number of carbonyl (C=O) groups is 2. The Kier molecular flexibility index (Phi) is 6.58. The Hall–Kier alpha value is -3.55. The fourth-order valence-corrected chi connectivity index (χ4v) is 3.89. The van der Waals surface area contributed by atoms with Gasteiger partial charge in [0.1, 0.15) is 0 Å². The van der Waals surface area contributed by atoms with E-state index in [-0.39, 0.29) is 11.6 Å². The van der Waals surface area contributed by atoms with Gasteiger partial charge in [-0.2, -0.15) is 0 Å². The summed E-state index contributed by atoms with van der Waals surface area (Å²) in [4.78, 5) is 30.2. The van der Waals surface area contributed by atoms with Crippen LogP contribution in [0.4, 0.5) is 5.69 Å². The molecule has 32 heavy (non-hydrogen) atoms. The number of benzene rings is 3. The van der Waals surface area contributed by atoms with Crippen LogP contribution in [0.15, 0.2) is 72.8 Å². The highest BCUT2D eigenvalue weighted by Crippen LogP contribution is 2.30. The Balaban J connectivity index is 1.43. The number of ketones is 2. The number of hydrogen-bond acceptors (Lipinski definition) is 3. The molecule has 1 aliphatic carbocycles. The second-order valence-electron chi connectivity index (χ2n) is 8.47.